The minimum atomic E-state index is -2.36. The van der Waals surface area contributed by atoms with Crippen LogP contribution in [-0.4, -0.2) is 3.21 Å². The minimum absolute atomic E-state index is 0. The fourth-order valence-corrected chi connectivity index (χ4v) is 24.1. The molecule has 0 aliphatic heterocycles. The van der Waals surface area contributed by atoms with E-state index >= 15 is 0 Å². The summed E-state index contributed by atoms with van der Waals surface area (Å²) in [7, 11) is 0. The van der Waals surface area contributed by atoms with Gasteiger partial charge in [0.2, 0.25) is 0 Å². The van der Waals surface area contributed by atoms with Crippen molar-refractivity contribution in [3.8, 4) is 0 Å². The second-order valence-electron chi connectivity index (χ2n) is 16.0. The number of rotatable bonds is 6. The second kappa shape index (κ2) is 15.4. The van der Waals surface area contributed by atoms with Crippen LogP contribution < -0.4 is 24.8 Å². The maximum atomic E-state index is 2.77. The van der Waals surface area contributed by atoms with Crippen LogP contribution in [0.15, 0.2) is 94.4 Å². The van der Waals surface area contributed by atoms with Gasteiger partial charge >= 0.3 is 278 Å². The van der Waals surface area contributed by atoms with Crippen molar-refractivity contribution in [1.82, 2.24) is 0 Å². The van der Waals surface area contributed by atoms with Crippen molar-refractivity contribution in [3.05, 3.63) is 94.4 Å². The topological polar surface area (TPSA) is 0 Å². The molecule has 0 aromatic heterocycles. The van der Waals surface area contributed by atoms with Crippen molar-refractivity contribution in [2.45, 2.75) is 88.1 Å². The van der Waals surface area contributed by atoms with E-state index in [1.807, 2.05) is 3.28 Å². The molecule has 4 saturated carbocycles. The molecule has 0 saturated heterocycles. The molecule has 11 atom stereocenters. The summed E-state index contributed by atoms with van der Waals surface area (Å²) in [6.45, 7) is 5.54. The molecule has 0 radical (unpaired) electrons. The maximum absolute atomic E-state index is 2.77. The first-order valence-electron chi connectivity index (χ1n) is 18.9. The molecular formula is C43H56Cl2Zr. The molecule has 8 aliphatic rings. The molecule has 246 valence electrons. The Morgan fingerprint density at radius 3 is 1.46 bits per heavy atom. The zero-order valence-corrected chi connectivity index (χ0v) is 32.2. The van der Waals surface area contributed by atoms with Gasteiger partial charge in [-0.15, -0.1) is 0 Å². The van der Waals surface area contributed by atoms with E-state index in [1.165, 1.54) is 70.6 Å². The Hall–Kier alpha value is -0.747. The van der Waals surface area contributed by atoms with Crippen molar-refractivity contribution >= 4 is 3.21 Å². The van der Waals surface area contributed by atoms with E-state index in [-0.39, 0.29) is 24.8 Å². The third-order valence-corrected chi connectivity index (χ3v) is 24.1. The third-order valence-electron chi connectivity index (χ3n) is 14.2. The van der Waals surface area contributed by atoms with Gasteiger partial charge in [-0.2, -0.15) is 0 Å². The number of allylic oxidation sites excluding steroid dienone is 16. The molecule has 0 spiro atoms. The average Bonchev–Trinajstić information content (AvgIpc) is 3.75. The van der Waals surface area contributed by atoms with Crippen molar-refractivity contribution in [2.75, 3.05) is 0 Å². The van der Waals surface area contributed by atoms with Gasteiger partial charge in [-0.1, -0.05) is 0 Å². The second-order valence-corrected chi connectivity index (χ2v) is 22.7. The van der Waals surface area contributed by atoms with E-state index in [1.54, 1.807) is 0 Å². The van der Waals surface area contributed by atoms with E-state index in [0.29, 0.717) is 29.6 Å². The molecule has 0 N–H and O–H groups in total. The molecule has 4 fully saturated rings. The van der Waals surface area contributed by atoms with E-state index in [9.17, 15) is 0 Å². The van der Waals surface area contributed by atoms with Crippen LogP contribution in [0.2, 0.25) is 3.63 Å². The Balaban J connectivity index is 0.00000186. The van der Waals surface area contributed by atoms with Crippen LogP contribution in [0.4, 0.5) is 0 Å². The Bertz CT molecular complexity index is 1330. The van der Waals surface area contributed by atoms with E-state index in [2.05, 4.69) is 108 Å². The molecule has 11 unspecified atom stereocenters. The van der Waals surface area contributed by atoms with Crippen LogP contribution in [-0.2, 0) is 21.3 Å². The maximum Gasteiger partial charge on any atom is -1.00 e. The summed E-state index contributed by atoms with van der Waals surface area (Å²) in [6, 6.07) is 0. The molecule has 3 heteroatoms. The summed E-state index contributed by atoms with van der Waals surface area (Å²) < 4.78 is 5.06. The Kier molecular flexibility index (Phi) is 11.8. The van der Waals surface area contributed by atoms with E-state index in [0.717, 1.165) is 45.1 Å². The van der Waals surface area contributed by atoms with Gasteiger partial charge in [-0.25, -0.2) is 0 Å². The van der Waals surface area contributed by atoms with Crippen molar-refractivity contribution in [1.29, 1.82) is 0 Å². The summed E-state index contributed by atoms with van der Waals surface area (Å²) in [5.74, 6) is 9.22. The van der Waals surface area contributed by atoms with Crippen LogP contribution in [0.1, 0.15) is 84.5 Å². The van der Waals surface area contributed by atoms with Gasteiger partial charge < -0.3 is 24.8 Å². The Labute approximate surface area is 300 Å². The SMILES string of the molecule is CC([C](C(C)C1CCCCC1)=[Zr+2]([C]1=CC=CC1)[CH]1C2C=CC=CC2C2C3C=CC=CC3C3C=CC=CC3C21)C1CCCCC1.[Cl-].[Cl-]. The quantitative estimate of drug-likeness (QED) is 0.353. The molecule has 8 aliphatic carbocycles. The zero-order chi connectivity index (χ0) is 29.6. The van der Waals surface area contributed by atoms with E-state index in [4.69, 9.17) is 0 Å². The molecular weight excluding hydrogens is 679 g/mol. The molecule has 0 aromatic carbocycles. The van der Waals surface area contributed by atoms with Gasteiger partial charge in [0.05, 0.1) is 0 Å². The van der Waals surface area contributed by atoms with Gasteiger partial charge in [-0.3, -0.25) is 0 Å². The summed E-state index contributed by atoms with van der Waals surface area (Å²) >= 11 is -2.36. The molecule has 0 aromatic rings. The fourth-order valence-electron chi connectivity index (χ4n) is 12.3. The summed E-state index contributed by atoms with van der Waals surface area (Å²) in [5, 5.41) is 0. The van der Waals surface area contributed by atoms with Crippen LogP contribution in [0, 0.1) is 71.0 Å². The molecule has 8 rings (SSSR count). The van der Waals surface area contributed by atoms with E-state index < -0.39 is 21.3 Å². The summed E-state index contributed by atoms with van der Waals surface area (Å²) in [4.78, 5) is 0. The van der Waals surface area contributed by atoms with Crippen LogP contribution in [0.3, 0.4) is 0 Å². The molecule has 0 heterocycles. The first-order chi connectivity index (χ1) is 21.7. The van der Waals surface area contributed by atoms with Crippen LogP contribution in [0.5, 0.6) is 0 Å². The fraction of sp³-hybridized carbons (Fsp3) is 0.605. The number of fused-ring (bicyclic) bond motifs is 8. The minimum Gasteiger partial charge on any atom is -1.00 e. The van der Waals surface area contributed by atoms with Crippen LogP contribution >= 0.6 is 0 Å². The Morgan fingerprint density at radius 1 is 0.543 bits per heavy atom. The van der Waals surface area contributed by atoms with Gasteiger partial charge in [0.15, 0.2) is 0 Å². The number of hydrogen-bond donors (Lipinski definition) is 0. The predicted molar refractivity (Wildman–Crippen MR) is 185 cm³/mol. The number of halogens is 2. The van der Waals surface area contributed by atoms with Gasteiger partial charge in [0.1, 0.15) is 0 Å². The predicted octanol–water partition coefficient (Wildman–Crippen LogP) is 5.18. The zero-order valence-electron chi connectivity index (χ0n) is 28.2. The Morgan fingerprint density at radius 2 is 0.978 bits per heavy atom. The van der Waals surface area contributed by atoms with Gasteiger partial charge in [0, 0.05) is 0 Å². The smallest absolute Gasteiger partial charge is 1.00 e. The van der Waals surface area contributed by atoms with Crippen molar-refractivity contribution < 1.29 is 46.1 Å². The monoisotopic (exact) mass is 732 g/mol. The van der Waals surface area contributed by atoms with Gasteiger partial charge in [-0.05, 0) is 0 Å². The average molecular weight is 735 g/mol. The van der Waals surface area contributed by atoms with Crippen molar-refractivity contribution in [3.63, 3.8) is 0 Å². The molecule has 46 heavy (non-hydrogen) atoms. The first kappa shape index (κ1) is 35.1. The number of hydrogen-bond acceptors (Lipinski definition) is 0. The summed E-state index contributed by atoms with van der Waals surface area (Å²) in [5.41, 5.74) is 0. The normalized spacial score (nSPS) is 38.3. The van der Waals surface area contributed by atoms with Gasteiger partial charge in [0.25, 0.3) is 0 Å². The summed E-state index contributed by atoms with van der Waals surface area (Å²) in [6.07, 6.45) is 54.2. The van der Waals surface area contributed by atoms with Crippen LogP contribution in [0.25, 0.3) is 0 Å². The molecule has 0 amide bonds. The third kappa shape index (κ3) is 6.24. The van der Waals surface area contributed by atoms with Crippen molar-refractivity contribution in [2.24, 2.45) is 71.0 Å². The largest absolute Gasteiger partial charge is 1.00 e. The molecule has 0 bridgehead atoms. The first-order valence-corrected chi connectivity index (χ1v) is 22.7. The molecule has 0 nitrogen and oxygen atoms in total. The standard InChI is InChI=1S/C21H21.C17H30.C5H5.2ClH.Zr/c1-2-8-15-14(7-1)13-20-18-11-4-3-9-16(18)17-10-5-6-12-19(17)21(15)20;1-14(16-9-5-3-6-10-16)13-15(2)17-11-7-4-8-12-17;1-2-4-5-3-1;;;/h1-21H;14-17H,3-12H2,1-2H3;1-3H,4H2;2*1H;/q;;;;;+2/p-2.